The molecule has 0 saturated heterocycles. The molecule has 0 aliphatic rings. The number of nitrogens with one attached hydrogen (secondary N) is 2. The van der Waals surface area contributed by atoms with Crippen molar-refractivity contribution in [1.82, 2.24) is 15.0 Å². The number of rotatable bonds is 3. The molecule has 2 aromatic heterocycles. The first-order chi connectivity index (χ1) is 9.36. The number of anilines is 1. The SMILES string of the molecule is CNc1ccc(-c2ncc(-c3cccnc3)[nH]2)cc1. The smallest absolute Gasteiger partial charge is 0.137 e. The average molecular weight is 250 g/mol. The molecule has 0 aliphatic heterocycles. The minimum absolute atomic E-state index is 0.863. The third kappa shape index (κ3) is 2.33. The molecule has 3 rings (SSSR count). The summed E-state index contributed by atoms with van der Waals surface area (Å²) in [7, 11) is 1.91. The highest BCUT2D eigenvalue weighted by Gasteiger charge is 2.05. The lowest BCUT2D eigenvalue weighted by Gasteiger charge is -2.01. The van der Waals surface area contributed by atoms with Crippen molar-refractivity contribution in [3.8, 4) is 22.6 Å². The van der Waals surface area contributed by atoms with Gasteiger partial charge in [-0.2, -0.15) is 0 Å². The topological polar surface area (TPSA) is 53.6 Å². The third-order valence-electron chi connectivity index (χ3n) is 3.00. The van der Waals surface area contributed by atoms with E-state index in [4.69, 9.17) is 0 Å². The van der Waals surface area contributed by atoms with Gasteiger partial charge in [-0.05, 0) is 36.4 Å². The Morgan fingerprint density at radius 3 is 2.53 bits per heavy atom. The van der Waals surface area contributed by atoms with Crippen molar-refractivity contribution in [2.24, 2.45) is 0 Å². The van der Waals surface area contributed by atoms with E-state index in [1.165, 1.54) is 0 Å². The Kier molecular flexibility index (Phi) is 2.98. The van der Waals surface area contributed by atoms with Gasteiger partial charge in [0, 0.05) is 36.3 Å². The summed E-state index contributed by atoms with van der Waals surface area (Å²) in [6.45, 7) is 0. The highest BCUT2D eigenvalue weighted by atomic mass is 14.9. The van der Waals surface area contributed by atoms with Crippen LogP contribution in [0.2, 0.25) is 0 Å². The second-order valence-electron chi connectivity index (χ2n) is 4.21. The molecule has 4 nitrogen and oxygen atoms in total. The fraction of sp³-hybridized carbons (Fsp3) is 0.0667. The fourth-order valence-electron chi connectivity index (χ4n) is 1.93. The number of hydrogen-bond donors (Lipinski definition) is 2. The first kappa shape index (κ1) is 11.5. The van der Waals surface area contributed by atoms with Crippen LogP contribution < -0.4 is 5.32 Å². The van der Waals surface area contributed by atoms with Gasteiger partial charge in [0.25, 0.3) is 0 Å². The first-order valence-electron chi connectivity index (χ1n) is 6.10. The van der Waals surface area contributed by atoms with Gasteiger partial charge in [-0.1, -0.05) is 0 Å². The molecule has 0 amide bonds. The summed E-state index contributed by atoms with van der Waals surface area (Å²) in [5, 5.41) is 3.10. The second kappa shape index (κ2) is 4.94. The quantitative estimate of drug-likeness (QED) is 0.750. The molecule has 2 heterocycles. The molecule has 0 aliphatic carbocycles. The van der Waals surface area contributed by atoms with Gasteiger partial charge in [-0.15, -0.1) is 0 Å². The maximum absolute atomic E-state index is 4.41. The van der Waals surface area contributed by atoms with Crippen molar-refractivity contribution in [1.29, 1.82) is 0 Å². The Bertz CT molecular complexity index is 656. The average Bonchev–Trinajstić information content (AvgIpc) is 2.98. The van der Waals surface area contributed by atoms with E-state index in [-0.39, 0.29) is 0 Å². The van der Waals surface area contributed by atoms with Gasteiger partial charge in [-0.25, -0.2) is 4.98 Å². The van der Waals surface area contributed by atoms with Crippen molar-refractivity contribution < 1.29 is 0 Å². The summed E-state index contributed by atoms with van der Waals surface area (Å²) < 4.78 is 0. The molecule has 19 heavy (non-hydrogen) atoms. The Labute approximate surface area is 111 Å². The number of nitrogens with zero attached hydrogens (tertiary/aromatic N) is 2. The van der Waals surface area contributed by atoms with Gasteiger partial charge in [-0.3, -0.25) is 4.98 Å². The number of aromatic amines is 1. The van der Waals surface area contributed by atoms with Gasteiger partial charge >= 0.3 is 0 Å². The molecule has 0 atom stereocenters. The number of aromatic nitrogens is 3. The molecular weight excluding hydrogens is 236 g/mol. The summed E-state index contributed by atoms with van der Waals surface area (Å²) in [5.74, 6) is 0.863. The van der Waals surface area contributed by atoms with Crippen LogP contribution in [0.15, 0.2) is 55.0 Å². The Hall–Kier alpha value is -2.62. The Balaban J connectivity index is 1.92. The number of hydrogen-bond acceptors (Lipinski definition) is 3. The van der Waals surface area contributed by atoms with Crippen LogP contribution in [-0.4, -0.2) is 22.0 Å². The van der Waals surface area contributed by atoms with Gasteiger partial charge in [0.05, 0.1) is 11.9 Å². The minimum atomic E-state index is 0.863. The van der Waals surface area contributed by atoms with E-state index in [1.807, 2.05) is 55.8 Å². The van der Waals surface area contributed by atoms with Crippen LogP contribution in [0, 0.1) is 0 Å². The van der Waals surface area contributed by atoms with E-state index in [2.05, 4.69) is 20.3 Å². The maximum atomic E-state index is 4.41. The predicted molar refractivity (Wildman–Crippen MR) is 76.8 cm³/mol. The maximum Gasteiger partial charge on any atom is 0.137 e. The molecule has 0 unspecified atom stereocenters. The monoisotopic (exact) mass is 250 g/mol. The lowest BCUT2D eigenvalue weighted by molar-refractivity contribution is 1.29. The van der Waals surface area contributed by atoms with E-state index in [0.717, 1.165) is 28.3 Å². The fourth-order valence-corrected chi connectivity index (χ4v) is 1.93. The molecule has 4 heteroatoms. The molecule has 3 aromatic rings. The van der Waals surface area contributed by atoms with Gasteiger partial charge in [0.2, 0.25) is 0 Å². The van der Waals surface area contributed by atoms with Crippen molar-refractivity contribution >= 4 is 5.69 Å². The lowest BCUT2D eigenvalue weighted by atomic mass is 10.2. The molecule has 2 N–H and O–H groups in total. The van der Waals surface area contributed by atoms with E-state index < -0.39 is 0 Å². The summed E-state index contributed by atoms with van der Waals surface area (Å²) in [4.78, 5) is 11.8. The number of benzene rings is 1. The number of pyridine rings is 1. The normalized spacial score (nSPS) is 10.4. The van der Waals surface area contributed by atoms with Gasteiger partial charge < -0.3 is 10.3 Å². The van der Waals surface area contributed by atoms with E-state index in [9.17, 15) is 0 Å². The van der Waals surface area contributed by atoms with Crippen LogP contribution in [0.25, 0.3) is 22.6 Å². The van der Waals surface area contributed by atoms with Crippen LogP contribution >= 0.6 is 0 Å². The molecule has 0 fully saturated rings. The van der Waals surface area contributed by atoms with E-state index >= 15 is 0 Å². The first-order valence-corrected chi connectivity index (χ1v) is 6.10. The largest absolute Gasteiger partial charge is 0.388 e. The molecule has 0 radical (unpaired) electrons. The van der Waals surface area contributed by atoms with Crippen LogP contribution in [0.4, 0.5) is 5.69 Å². The molecule has 0 bridgehead atoms. The molecule has 94 valence electrons. The molecule has 1 aromatic carbocycles. The minimum Gasteiger partial charge on any atom is -0.388 e. The van der Waals surface area contributed by atoms with Crippen molar-refractivity contribution in [3.63, 3.8) is 0 Å². The summed E-state index contributed by atoms with van der Waals surface area (Å²) >= 11 is 0. The molecule has 0 saturated carbocycles. The molecular formula is C15H14N4. The highest BCUT2D eigenvalue weighted by molar-refractivity contribution is 5.65. The zero-order valence-corrected chi connectivity index (χ0v) is 10.6. The van der Waals surface area contributed by atoms with Crippen molar-refractivity contribution in [2.75, 3.05) is 12.4 Å². The van der Waals surface area contributed by atoms with Crippen LogP contribution in [-0.2, 0) is 0 Å². The van der Waals surface area contributed by atoms with Crippen molar-refractivity contribution in [3.05, 3.63) is 55.0 Å². The zero-order chi connectivity index (χ0) is 13.1. The van der Waals surface area contributed by atoms with Gasteiger partial charge in [0.1, 0.15) is 5.82 Å². The van der Waals surface area contributed by atoms with Gasteiger partial charge in [0.15, 0.2) is 0 Å². The summed E-state index contributed by atoms with van der Waals surface area (Å²) in [6, 6.07) is 12.1. The predicted octanol–water partition coefficient (Wildman–Crippen LogP) is 3.18. The number of H-pyrrole nitrogens is 1. The van der Waals surface area contributed by atoms with Crippen molar-refractivity contribution in [2.45, 2.75) is 0 Å². The number of imidazole rings is 1. The van der Waals surface area contributed by atoms with E-state index in [0.29, 0.717) is 0 Å². The lowest BCUT2D eigenvalue weighted by Crippen LogP contribution is -1.87. The second-order valence-corrected chi connectivity index (χ2v) is 4.21. The standard InChI is InChI=1S/C15H14N4/c1-16-13-6-4-11(5-7-13)15-18-10-14(19-15)12-3-2-8-17-9-12/h2-10,16H,1H3,(H,18,19). The Morgan fingerprint density at radius 1 is 1.00 bits per heavy atom. The zero-order valence-electron chi connectivity index (χ0n) is 10.6. The van der Waals surface area contributed by atoms with E-state index in [1.54, 1.807) is 6.20 Å². The Morgan fingerprint density at radius 2 is 1.84 bits per heavy atom. The summed E-state index contributed by atoms with van der Waals surface area (Å²) in [6.07, 6.45) is 5.41. The third-order valence-corrected chi connectivity index (χ3v) is 3.00. The molecule has 0 spiro atoms. The summed E-state index contributed by atoms with van der Waals surface area (Å²) in [5.41, 5.74) is 4.16. The highest BCUT2D eigenvalue weighted by Crippen LogP contribution is 2.22. The van der Waals surface area contributed by atoms with Crippen LogP contribution in [0.5, 0.6) is 0 Å². The van der Waals surface area contributed by atoms with Crippen LogP contribution in [0.1, 0.15) is 0 Å². The van der Waals surface area contributed by atoms with Crippen LogP contribution in [0.3, 0.4) is 0 Å².